The Morgan fingerprint density at radius 2 is 2.00 bits per heavy atom. The molecule has 1 heterocycles. The normalized spacial score (nSPS) is 13.0. The molecular formula is C11H21N3S. The molecule has 0 saturated carbocycles. The fourth-order valence-corrected chi connectivity index (χ4v) is 2.35. The van der Waals surface area contributed by atoms with Gasteiger partial charge in [0.25, 0.3) is 0 Å². The Morgan fingerprint density at radius 3 is 2.60 bits per heavy atom. The molecule has 0 saturated heterocycles. The van der Waals surface area contributed by atoms with E-state index in [1.165, 1.54) is 43.6 Å². The maximum atomic E-state index is 6.09. The van der Waals surface area contributed by atoms with Gasteiger partial charge in [-0.25, -0.2) is 0 Å². The molecular weight excluding hydrogens is 206 g/mol. The van der Waals surface area contributed by atoms with E-state index in [0.29, 0.717) is 0 Å². The summed E-state index contributed by atoms with van der Waals surface area (Å²) in [5.74, 6) is 0. The standard InChI is InChI=1S/C11H21N3S/c1-3-4-5-6-7-8-10(12)11-9(2)13-14-15-11/h10H,3-8,12H2,1-2H3. The minimum absolute atomic E-state index is 0.145. The lowest BCUT2D eigenvalue weighted by atomic mass is 10.1. The van der Waals surface area contributed by atoms with Gasteiger partial charge in [0.05, 0.1) is 10.6 Å². The molecule has 0 fully saturated rings. The Hall–Kier alpha value is -0.480. The number of aryl methyl sites for hydroxylation is 1. The lowest BCUT2D eigenvalue weighted by Crippen LogP contribution is -2.09. The van der Waals surface area contributed by atoms with Crippen LogP contribution in [-0.2, 0) is 0 Å². The third-order valence-corrected chi connectivity index (χ3v) is 3.60. The van der Waals surface area contributed by atoms with E-state index in [1.54, 1.807) is 0 Å². The molecule has 1 unspecified atom stereocenters. The fraction of sp³-hybridized carbons (Fsp3) is 0.818. The van der Waals surface area contributed by atoms with Gasteiger partial charge in [-0.3, -0.25) is 0 Å². The van der Waals surface area contributed by atoms with E-state index in [4.69, 9.17) is 5.73 Å². The van der Waals surface area contributed by atoms with Crippen molar-refractivity contribution in [1.29, 1.82) is 0 Å². The number of aromatic nitrogens is 2. The van der Waals surface area contributed by atoms with Crippen LogP contribution in [0.15, 0.2) is 0 Å². The van der Waals surface area contributed by atoms with Crippen molar-refractivity contribution < 1.29 is 0 Å². The van der Waals surface area contributed by atoms with E-state index in [-0.39, 0.29) is 6.04 Å². The van der Waals surface area contributed by atoms with Crippen molar-refractivity contribution in [2.75, 3.05) is 0 Å². The number of hydrogen-bond acceptors (Lipinski definition) is 4. The minimum Gasteiger partial charge on any atom is -0.323 e. The SMILES string of the molecule is CCCCCCCC(N)c1snnc1C. The Morgan fingerprint density at radius 1 is 1.27 bits per heavy atom. The van der Waals surface area contributed by atoms with Crippen molar-refractivity contribution >= 4 is 11.5 Å². The molecule has 4 heteroatoms. The smallest absolute Gasteiger partial charge is 0.0772 e. The second kappa shape index (κ2) is 6.90. The summed E-state index contributed by atoms with van der Waals surface area (Å²) in [6, 6.07) is 0.145. The number of unbranched alkanes of at least 4 members (excludes halogenated alkanes) is 4. The van der Waals surface area contributed by atoms with E-state index in [2.05, 4.69) is 16.5 Å². The van der Waals surface area contributed by atoms with Crippen LogP contribution in [0.25, 0.3) is 0 Å². The summed E-state index contributed by atoms with van der Waals surface area (Å²) in [5, 5.41) is 3.98. The van der Waals surface area contributed by atoms with Crippen LogP contribution in [0, 0.1) is 6.92 Å². The van der Waals surface area contributed by atoms with Crippen molar-refractivity contribution in [2.45, 2.75) is 58.4 Å². The molecule has 0 amide bonds. The van der Waals surface area contributed by atoms with Gasteiger partial charge in [0, 0.05) is 6.04 Å². The van der Waals surface area contributed by atoms with Crippen molar-refractivity contribution in [1.82, 2.24) is 9.59 Å². The number of hydrogen-bond donors (Lipinski definition) is 1. The average Bonchev–Trinajstić information content (AvgIpc) is 2.64. The maximum absolute atomic E-state index is 6.09. The molecule has 0 bridgehead atoms. The van der Waals surface area contributed by atoms with Gasteiger partial charge in [0.1, 0.15) is 0 Å². The molecule has 0 spiro atoms. The van der Waals surface area contributed by atoms with Crippen LogP contribution in [0.5, 0.6) is 0 Å². The third-order valence-electron chi connectivity index (χ3n) is 2.64. The number of nitrogens with two attached hydrogens (primary N) is 1. The first-order valence-electron chi connectivity index (χ1n) is 5.80. The summed E-state index contributed by atoms with van der Waals surface area (Å²) >= 11 is 1.44. The van der Waals surface area contributed by atoms with Crippen molar-refractivity contribution in [3.05, 3.63) is 10.6 Å². The van der Waals surface area contributed by atoms with Gasteiger partial charge in [0.2, 0.25) is 0 Å². The maximum Gasteiger partial charge on any atom is 0.0772 e. The van der Waals surface area contributed by atoms with Crippen molar-refractivity contribution in [2.24, 2.45) is 5.73 Å². The van der Waals surface area contributed by atoms with Crippen LogP contribution in [0.1, 0.15) is 62.1 Å². The molecule has 1 atom stereocenters. The highest BCUT2D eigenvalue weighted by Crippen LogP contribution is 2.22. The Kier molecular flexibility index (Phi) is 5.79. The summed E-state index contributed by atoms with van der Waals surface area (Å²) in [5.41, 5.74) is 7.09. The molecule has 86 valence electrons. The van der Waals surface area contributed by atoms with Crippen LogP contribution >= 0.6 is 11.5 Å². The Balaban J connectivity index is 2.19. The lowest BCUT2D eigenvalue weighted by Gasteiger charge is -2.08. The van der Waals surface area contributed by atoms with Crippen LogP contribution < -0.4 is 5.73 Å². The molecule has 0 aromatic carbocycles. The zero-order valence-electron chi connectivity index (χ0n) is 9.70. The molecule has 0 aliphatic heterocycles. The zero-order chi connectivity index (χ0) is 11.1. The van der Waals surface area contributed by atoms with Gasteiger partial charge in [-0.2, -0.15) is 0 Å². The fourth-order valence-electron chi connectivity index (χ4n) is 1.68. The summed E-state index contributed by atoms with van der Waals surface area (Å²) in [7, 11) is 0. The summed E-state index contributed by atoms with van der Waals surface area (Å²) in [4.78, 5) is 1.16. The first-order valence-corrected chi connectivity index (χ1v) is 6.57. The van der Waals surface area contributed by atoms with Gasteiger partial charge in [0.15, 0.2) is 0 Å². The lowest BCUT2D eigenvalue weighted by molar-refractivity contribution is 0.558. The van der Waals surface area contributed by atoms with Crippen LogP contribution in [0.4, 0.5) is 0 Å². The van der Waals surface area contributed by atoms with Gasteiger partial charge in [-0.1, -0.05) is 43.5 Å². The monoisotopic (exact) mass is 227 g/mol. The largest absolute Gasteiger partial charge is 0.323 e. The Labute approximate surface area is 96.2 Å². The van der Waals surface area contributed by atoms with Gasteiger partial charge in [-0.05, 0) is 24.9 Å². The number of nitrogens with zero attached hydrogens (tertiary/aromatic N) is 2. The Bertz CT molecular complexity index is 273. The summed E-state index contributed by atoms with van der Waals surface area (Å²) < 4.78 is 3.91. The predicted molar refractivity (Wildman–Crippen MR) is 65.0 cm³/mol. The van der Waals surface area contributed by atoms with Gasteiger partial charge in [-0.15, -0.1) is 5.10 Å². The molecule has 3 nitrogen and oxygen atoms in total. The predicted octanol–water partition coefficient (Wildman–Crippen LogP) is 3.21. The van der Waals surface area contributed by atoms with Gasteiger partial charge >= 0.3 is 0 Å². The topological polar surface area (TPSA) is 51.8 Å². The highest BCUT2D eigenvalue weighted by atomic mass is 32.1. The van der Waals surface area contributed by atoms with Crippen molar-refractivity contribution in [3.8, 4) is 0 Å². The minimum atomic E-state index is 0.145. The van der Waals surface area contributed by atoms with Crippen molar-refractivity contribution in [3.63, 3.8) is 0 Å². The highest BCUT2D eigenvalue weighted by molar-refractivity contribution is 7.05. The third kappa shape index (κ3) is 4.26. The summed E-state index contributed by atoms with van der Waals surface area (Å²) in [6.45, 7) is 4.22. The van der Waals surface area contributed by atoms with Crippen LogP contribution in [-0.4, -0.2) is 9.59 Å². The first kappa shape index (κ1) is 12.6. The zero-order valence-corrected chi connectivity index (χ0v) is 10.5. The van der Waals surface area contributed by atoms with E-state index < -0.39 is 0 Å². The molecule has 0 aliphatic carbocycles. The number of rotatable bonds is 7. The molecule has 1 aromatic heterocycles. The van der Waals surface area contributed by atoms with E-state index in [1.807, 2.05) is 6.92 Å². The second-order valence-corrected chi connectivity index (χ2v) is 4.82. The highest BCUT2D eigenvalue weighted by Gasteiger charge is 2.11. The van der Waals surface area contributed by atoms with E-state index in [9.17, 15) is 0 Å². The summed E-state index contributed by atoms with van der Waals surface area (Å²) in [6.07, 6.45) is 7.56. The van der Waals surface area contributed by atoms with E-state index in [0.717, 1.165) is 17.0 Å². The second-order valence-electron chi connectivity index (χ2n) is 4.03. The van der Waals surface area contributed by atoms with Crippen LogP contribution in [0.3, 0.4) is 0 Å². The molecule has 0 aliphatic rings. The van der Waals surface area contributed by atoms with E-state index >= 15 is 0 Å². The first-order chi connectivity index (χ1) is 7.25. The average molecular weight is 227 g/mol. The van der Waals surface area contributed by atoms with Gasteiger partial charge < -0.3 is 5.73 Å². The molecule has 15 heavy (non-hydrogen) atoms. The quantitative estimate of drug-likeness (QED) is 0.728. The molecule has 2 N–H and O–H groups in total. The molecule has 1 aromatic rings. The molecule has 0 radical (unpaired) electrons. The van der Waals surface area contributed by atoms with Crippen LogP contribution in [0.2, 0.25) is 0 Å². The molecule has 1 rings (SSSR count).